The van der Waals surface area contributed by atoms with Crippen LogP contribution >= 0.6 is 0 Å². The zero-order valence-corrected chi connectivity index (χ0v) is 12.4. The first-order valence-electron chi connectivity index (χ1n) is 7.22. The maximum Gasteiger partial charge on any atom is 0.225 e. The minimum atomic E-state index is -0.0512. The molecular weight excluding hydrogens is 284 g/mol. The zero-order valence-electron chi connectivity index (χ0n) is 12.4. The Morgan fingerprint density at radius 2 is 2.36 bits per heavy atom. The van der Waals surface area contributed by atoms with Crippen LogP contribution in [0, 0.1) is 5.92 Å². The van der Waals surface area contributed by atoms with Crippen molar-refractivity contribution >= 4 is 5.91 Å². The first-order chi connectivity index (χ1) is 10.8. The van der Waals surface area contributed by atoms with E-state index >= 15 is 0 Å². The largest absolute Gasteiger partial charge is 0.497 e. The summed E-state index contributed by atoms with van der Waals surface area (Å²) in [5.41, 5.74) is 1.57. The Labute approximate surface area is 128 Å². The smallest absolute Gasteiger partial charge is 0.225 e. The number of ether oxygens (including phenoxy) is 2. The molecule has 0 unspecified atom stereocenters. The fourth-order valence-electron chi connectivity index (χ4n) is 2.37. The minimum absolute atomic E-state index is 0.00318. The fourth-order valence-corrected chi connectivity index (χ4v) is 2.37. The molecule has 116 valence electrons. The quantitative estimate of drug-likeness (QED) is 0.914. The summed E-state index contributed by atoms with van der Waals surface area (Å²) in [4.78, 5) is 11.9. The van der Waals surface area contributed by atoms with Crippen LogP contribution in [0.15, 0.2) is 34.9 Å². The average molecular weight is 302 g/mol. The van der Waals surface area contributed by atoms with Gasteiger partial charge in [-0.15, -0.1) is 0 Å². The number of rotatable bonds is 5. The summed E-state index contributed by atoms with van der Waals surface area (Å²) in [6.07, 6.45) is 0.777. The Bertz CT molecular complexity index is 647. The number of carbonyl (C=O) groups excluding carboxylic acids is 1. The van der Waals surface area contributed by atoms with E-state index in [4.69, 9.17) is 14.0 Å². The van der Waals surface area contributed by atoms with E-state index < -0.39 is 0 Å². The van der Waals surface area contributed by atoms with Crippen molar-refractivity contribution in [1.82, 2.24) is 10.5 Å². The number of amides is 1. The molecule has 0 radical (unpaired) electrons. The highest BCUT2D eigenvalue weighted by Gasteiger charge is 2.23. The predicted molar refractivity (Wildman–Crippen MR) is 79.3 cm³/mol. The lowest BCUT2D eigenvalue weighted by Gasteiger charge is -2.07. The second kappa shape index (κ2) is 6.62. The normalized spacial score (nSPS) is 17.4. The van der Waals surface area contributed by atoms with E-state index in [0.29, 0.717) is 31.2 Å². The van der Waals surface area contributed by atoms with Crippen molar-refractivity contribution in [1.29, 1.82) is 0 Å². The van der Waals surface area contributed by atoms with Gasteiger partial charge in [0.15, 0.2) is 5.76 Å². The minimum Gasteiger partial charge on any atom is -0.497 e. The van der Waals surface area contributed by atoms with Crippen LogP contribution in [0.2, 0.25) is 0 Å². The van der Waals surface area contributed by atoms with E-state index in [1.165, 1.54) is 0 Å². The number of nitrogens with zero attached hydrogens (tertiary/aromatic N) is 1. The molecular formula is C16H18N2O4. The van der Waals surface area contributed by atoms with E-state index in [9.17, 15) is 4.79 Å². The van der Waals surface area contributed by atoms with Crippen LogP contribution in [0.5, 0.6) is 5.75 Å². The maximum atomic E-state index is 11.9. The number of aromatic nitrogens is 1. The lowest BCUT2D eigenvalue weighted by Crippen LogP contribution is -2.30. The lowest BCUT2D eigenvalue weighted by molar-refractivity contribution is -0.125. The highest BCUT2D eigenvalue weighted by atomic mass is 16.5. The number of hydrogen-bond acceptors (Lipinski definition) is 5. The Morgan fingerprint density at radius 3 is 3.14 bits per heavy atom. The summed E-state index contributed by atoms with van der Waals surface area (Å²) in [7, 11) is 1.62. The van der Waals surface area contributed by atoms with Gasteiger partial charge in [0, 0.05) is 18.2 Å². The van der Waals surface area contributed by atoms with Gasteiger partial charge < -0.3 is 19.3 Å². The summed E-state index contributed by atoms with van der Waals surface area (Å²) in [6, 6.07) is 9.36. The van der Waals surface area contributed by atoms with Crippen molar-refractivity contribution < 1.29 is 18.8 Å². The molecule has 6 nitrogen and oxygen atoms in total. The molecule has 1 aromatic carbocycles. The van der Waals surface area contributed by atoms with Gasteiger partial charge >= 0.3 is 0 Å². The van der Waals surface area contributed by atoms with Gasteiger partial charge in [-0.05, 0) is 18.6 Å². The second-order valence-corrected chi connectivity index (χ2v) is 5.19. The summed E-state index contributed by atoms with van der Waals surface area (Å²) in [5.74, 6) is 1.35. The molecule has 1 saturated heterocycles. The van der Waals surface area contributed by atoms with E-state index in [0.717, 1.165) is 17.7 Å². The highest BCUT2D eigenvalue weighted by Crippen LogP contribution is 2.24. The van der Waals surface area contributed by atoms with Crippen molar-refractivity contribution in [3.05, 3.63) is 36.0 Å². The molecule has 2 heterocycles. The Hall–Kier alpha value is -2.34. The molecule has 22 heavy (non-hydrogen) atoms. The zero-order chi connectivity index (χ0) is 15.4. The molecule has 0 aliphatic carbocycles. The number of benzene rings is 1. The third kappa shape index (κ3) is 3.28. The Balaban J connectivity index is 1.62. The second-order valence-electron chi connectivity index (χ2n) is 5.19. The molecule has 3 rings (SSSR count). The monoisotopic (exact) mass is 302 g/mol. The van der Waals surface area contributed by atoms with Crippen molar-refractivity contribution in [3.8, 4) is 17.1 Å². The lowest BCUT2D eigenvalue weighted by atomic mass is 10.1. The number of hydrogen-bond donors (Lipinski definition) is 1. The summed E-state index contributed by atoms with van der Waals surface area (Å²) in [5, 5.41) is 6.85. The molecule has 0 spiro atoms. The molecule has 2 aromatic rings. The van der Waals surface area contributed by atoms with Gasteiger partial charge in [-0.25, -0.2) is 0 Å². The third-order valence-corrected chi connectivity index (χ3v) is 3.66. The van der Waals surface area contributed by atoms with Crippen molar-refractivity contribution in [2.24, 2.45) is 5.92 Å². The molecule has 6 heteroatoms. The third-order valence-electron chi connectivity index (χ3n) is 3.66. The van der Waals surface area contributed by atoms with Gasteiger partial charge in [0.25, 0.3) is 0 Å². The van der Waals surface area contributed by atoms with Crippen molar-refractivity contribution in [2.75, 3.05) is 20.3 Å². The number of nitrogens with one attached hydrogen (secondary N) is 1. The van der Waals surface area contributed by atoms with Gasteiger partial charge in [-0.3, -0.25) is 4.79 Å². The van der Waals surface area contributed by atoms with E-state index in [1.54, 1.807) is 7.11 Å². The molecule has 1 atom stereocenters. The molecule has 0 saturated carbocycles. The molecule has 1 fully saturated rings. The van der Waals surface area contributed by atoms with Gasteiger partial charge in [-0.1, -0.05) is 17.3 Å². The van der Waals surface area contributed by atoms with E-state index in [-0.39, 0.29) is 11.8 Å². The summed E-state index contributed by atoms with van der Waals surface area (Å²) >= 11 is 0. The van der Waals surface area contributed by atoms with E-state index in [2.05, 4.69) is 10.5 Å². The first-order valence-corrected chi connectivity index (χ1v) is 7.22. The van der Waals surface area contributed by atoms with Gasteiger partial charge in [0.1, 0.15) is 11.4 Å². The van der Waals surface area contributed by atoms with Crippen LogP contribution in [0.1, 0.15) is 12.1 Å². The summed E-state index contributed by atoms with van der Waals surface area (Å²) in [6.45, 7) is 1.50. The van der Waals surface area contributed by atoms with Crippen molar-refractivity contribution in [3.63, 3.8) is 0 Å². The summed E-state index contributed by atoms with van der Waals surface area (Å²) < 4.78 is 15.7. The average Bonchev–Trinajstić information content (AvgIpc) is 3.24. The standard InChI is InChI=1S/C16H18N2O4/c1-20-14-4-2-3-11(7-14)15-8-13(18-22-15)9-17-16(19)12-5-6-21-10-12/h2-4,7-8,12H,5-6,9-10H2,1H3,(H,17,19)/t12-/m0/s1. The van der Waals surface area contributed by atoms with E-state index in [1.807, 2.05) is 30.3 Å². The molecule has 0 bridgehead atoms. The van der Waals surface area contributed by atoms with Crippen LogP contribution in [-0.2, 0) is 16.1 Å². The fraction of sp³-hybridized carbons (Fsp3) is 0.375. The highest BCUT2D eigenvalue weighted by molar-refractivity contribution is 5.78. The van der Waals surface area contributed by atoms with Crippen LogP contribution < -0.4 is 10.1 Å². The molecule has 1 aliphatic heterocycles. The van der Waals surface area contributed by atoms with Gasteiger partial charge in [0.05, 0.1) is 26.2 Å². The Morgan fingerprint density at radius 1 is 1.45 bits per heavy atom. The van der Waals surface area contributed by atoms with Crippen LogP contribution in [-0.4, -0.2) is 31.4 Å². The van der Waals surface area contributed by atoms with Gasteiger partial charge in [-0.2, -0.15) is 0 Å². The number of methoxy groups -OCH3 is 1. The maximum absolute atomic E-state index is 11.9. The van der Waals surface area contributed by atoms with Crippen LogP contribution in [0.4, 0.5) is 0 Å². The predicted octanol–water partition coefficient (Wildman–Crippen LogP) is 2.00. The first kappa shape index (κ1) is 14.6. The number of carbonyl (C=O) groups is 1. The molecule has 1 aliphatic rings. The van der Waals surface area contributed by atoms with Crippen molar-refractivity contribution in [2.45, 2.75) is 13.0 Å². The van der Waals surface area contributed by atoms with Crippen LogP contribution in [0.25, 0.3) is 11.3 Å². The SMILES string of the molecule is COc1cccc(-c2cc(CNC(=O)[C@H]3CCOC3)no2)c1. The molecule has 1 N–H and O–H groups in total. The topological polar surface area (TPSA) is 73.6 Å². The van der Waals surface area contributed by atoms with Gasteiger partial charge in [0.2, 0.25) is 5.91 Å². The molecule has 1 aromatic heterocycles. The Kier molecular flexibility index (Phi) is 4.39. The van der Waals surface area contributed by atoms with Crippen LogP contribution in [0.3, 0.4) is 0 Å². The molecule has 1 amide bonds.